The highest BCUT2D eigenvalue weighted by atomic mass is 15.1. The molecule has 2 aliphatic rings. The van der Waals surface area contributed by atoms with Crippen molar-refractivity contribution in [3.63, 3.8) is 0 Å². The fourth-order valence-corrected chi connectivity index (χ4v) is 3.17. The Hall–Kier alpha value is -0.830. The molecule has 1 aliphatic heterocycles. The van der Waals surface area contributed by atoms with Crippen LogP contribution in [0.5, 0.6) is 0 Å². The van der Waals surface area contributed by atoms with Crippen molar-refractivity contribution in [3.05, 3.63) is 17.0 Å². The molecule has 0 amide bonds. The predicted molar refractivity (Wildman–Crippen MR) is 64.7 cm³/mol. The van der Waals surface area contributed by atoms with Gasteiger partial charge < -0.3 is 5.32 Å². The van der Waals surface area contributed by atoms with Gasteiger partial charge >= 0.3 is 0 Å². The minimum atomic E-state index is 0.742. The minimum absolute atomic E-state index is 0.742. The molecule has 0 saturated heterocycles. The van der Waals surface area contributed by atoms with Gasteiger partial charge in [0.25, 0.3) is 0 Å². The summed E-state index contributed by atoms with van der Waals surface area (Å²) in [6.45, 7) is 2.21. The van der Waals surface area contributed by atoms with Crippen LogP contribution in [0.15, 0.2) is 0 Å². The molecular weight excluding hydrogens is 198 g/mol. The number of fused-ring (bicyclic) bond motifs is 1. The Morgan fingerprint density at radius 1 is 1.00 bits per heavy atom. The summed E-state index contributed by atoms with van der Waals surface area (Å²) in [5.41, 5.74) is 4.33. The van der Waals surface area contributed by atoms with Crippen molar-refractivity contribution in [2.24, 2.45) is 0 Å². The summed E-state index contributed by atoms with van der Waals surface area (Å²) in [6, 6.07) is 0. The Kier molecular flexibility index (Phi) is 2.96. The zero-order chi connectivity index (χ0) is 10.8. The lowest BCUT2D eigenvalue weighted by atomic mass is 9.84. The van der Waals surface area contributed by atoms with Crippen LogP contribution >= 0.6 is 0 Å². The lowest BCUT2D eigenvalue weighted by Gasteiger charge is -2.20. The van der Waals surface area contributed by atoms with E-state index >= 15 is 0 Å². The largest absolute Gasteiger partial charge is 0.316 e. The third kappa shape index (κ3) is 1.88. The standard InChI is InChI=1S/C13H21N3/c1-2-4-10(5-3-1)13-11-6-8-14-9-7-12(11)15-16-13/h10,14H,1-9H2,(H,15,16). The van der Waals surface area contributed by atoms with Gasteiger partial charge in [0.2, 0.25) is 0 Å². The average molecular weight is 219 g/mol. The monoisotopic (exact) mass is 219 g/mol. The molecule has 1 fully saturated rings. The number of H-pyrrole nitrogens is 1. The molecule has 1 aliphatic carbocycles. The van der Waals surface area contributed by atoms with E-state index in [9.17, 15) is 0 Å². The van der Waals surface area contributed by atoms with E-state index in [1.165, 1.54) is 49.1 Å². The average Bonchev–Trinajstić information content (AvgIpc) is 2.60. The topological polar surface area (TPSA) is 40.7 Å². The number of nitrogens with one attached hydrogen (secondary N) is 2. The van der Waals surface area contributed by atoms with Crippen LogP contribution in [0.2, 0.25) is 0 Å². The Labute approximate surface area is 97.0 Å². The van der Waals surface area contributed by atoms with Crippen molar-refractivity contribution in [2.75, 3.05) is 13.1 Å². The van der Waals surface area contributed by atoms with Crippen LogP contribution in [0.3, 0.4) is 0 Å². The van der Waals surface area contributed by atoms with Gasteiger partial charge in [0.1, 0.15) is 0 Å². The zero-order valence-corrected chi connectivity index (χ0v) is 9.89. The zero-order valence-electron chi connectivity index (χ0n) is 9.89. The van der Waals surface area contributed by atoms with E-state index in [0.717, 1.165) is 31.8 Å². The third-order valence-electron chi connectivity index (χ3n) is 4.08. The number of aromatic nitrogens is 2. The summed E-state index contributed by atoms with van der Waals surface area (Å²) in [5.74, 6) is 0.742. The van der Waals surface area contributed by atoms with E-state index in [0.29, 0.717) is 0 Å². The molecule has 16 heavy (non-hydrogen) atoms. The smallest absolute Gasteiger partial charge is 0.0688 e. The van der Waals surface area contributed by atoms with Crippen LogP contribution in [0.25, 0.3) is 0 Å². The normalized spacial score (nSPS) is 22.8. The predicted octanol–water partition coefficient (Wildman–Crippen LogP) is 2.15. The van der Waals surface area contributed by atoms with Crippen molar-refractivity contribution < 1.29 is 0 Å². The summed E-state index contributed by atoms with van der Waals surface area (Å²) >= 11 is 0. The SMILES string of the molecule is C1CCC(c2n[nH]c3c2CCNCC3)CC1. The maximum Gasteiger partial charge on any atom is 0.0688 e. The van der Waals surface area contributed by atoms with Gasteiger partial charge in [-0.05, 0) is 31.4 Å². The van der Waals surface area contributed by atoms with Gasteiger partial charge in [0, 0.05) is 24.6 Å². The van der Waals surface area contributed by atoms with Crippen LogP contribution in [-0.4, -0.2) is 23.3 Å². The second kappa shape index (κ2) is 4.58. The van der Waals surface area contributed by atoms with Crippen LogP contribution in [0, 0.1) is 0 Å². The van der Waals surface area contributed by atoms with Gasteiger partial charge in [-0.2, -0.15) is 5.10 Å². The van der Waals surface area contributed by atoms with Crippen LogP contribution in [0.4, 0.5) is 0 Å². The highest BCUT2D eigenvalue weighted by Gasteiger charge is 2.23. The summed E-state index contributed by atoms with van der Waals surface area (Å²) in [4.78, 5) is 0. The molecule has 0 spiro atoms. The van der Waals surface area contributed by atoms with E-state index in [2.05, 4.69) is 15.5 Å². The minimum Gasteiger partial charge on any atom is -0.316 e. The number of hydrogen-bond acceptors (Lipinski definition) is 2. The van der Waals surface area contributed by atoms with E-state index in [1.54, 1.807) is 0 Å². The van der Waals surface area contributed by atoms with Crippen molar-refractivity contribution in [1.82, 2.24) is 15.5 Å². The number of rotatable bonds is 1. The van der Waals surface area contributed by atoms with Gasteiger partial charge in [-0.15, -0.1) is 0 Å². The van der Waals surface area contributed by atoms with Crippen LogP contribution < -0.4 is 5.32 Å². The first-order valence-electron chi connectivity index (χ1n) is 6.72. The molecule has 1 aromatic heterocycles. The van der Waals surface area contributed by atoms with E-state index in [4.69, 9.17) is 0 Å². The Morgan fingerprint density at radius 2 is 1.81 bits per heavy atom. The second-order valence-electron chi connectivity index (χ2n) is 5.15. The van der Waals surface area contributed by atoms with Crippen molar-refractivity contribution in [3.8, 4) is 0 Å². The van der Waals surface area contributed by atoms with E-state index in [-0.39, 0.29) is 0 Å². The van der Waals surface area contributed by atoms with Crippen molar-refractivity contribution >= 4 is 0 Å². The van der Waals surface area contributed by atoms with Gasteiger partial charge in [0.15, 0.2) is 0 Å². The van der Waals surface area contributed by atoms with Gasteiger partial charge in [0.05, 0.1) is 5.69 Å². The fourth-order valence-electron chi connectivity index (χ4n) is 3.17. The summed E-state index contributed by atoms with van der Waals surface area (Å²) in [6.07, 6.45) is 9.20. The molecule has 88 valence electrons. The molecule has 0 bridgehead atoms. The Morgan fingerprint density at radius 3 is 2.69 bits per heavy atom. The molecule has 2 N–H and O–H groups in total. The summed E-state index contributed by atoms with van der Waals surface area (Å²) in [7, 11) is 0. The Bertz CT molecular complexity index is 350. The van der Waals surface area contributed by atoms with E-state index < -0.39 is 0 Å². The van der Waals surface area contributed by atoms with Gasteiger partial charge in [-0.1, -0.05) is 19.3 Å². The highest BCUT2D eigenvalue weighted by Crippen LogP contribution is 2.34. The summed E-state index contributed by atoms with van der Waals surface area (Å²) in [5, 5.41) is 11.3. The lowest BCUT2D eigenvalue weighted by molar-refractivity contribution is 0.434. The van der Waals surface area contributed by atoms with Crippen molar-refractivity contribution in [1.29, 1.82) is 0 Å². The third-order valence-corrected chi connectivity index (χ3v) is 4.08. The van der Waals surface area contributed by atoms with Crippen LogP contribution in [0.1, 0.15) is 55.0 Å². The first-order chi connectivity index (χ1) is 7.95. The molecule has 3 heteroatoms. The first kappa shape index (κ1) is 10.3. The lowest BCUT2D eigenvalue weighted by Crippen LogP contribution is -2.17. The number of aromatic amines is 1. The van der Waals surface area contributed by atoms with Gasteiger partial charge in [-0.25, -0.2) is 0 Å². The van der Waals surface area contributed by atoms with Crippen LogP contribution in [-0.2, 0) is 12.8 Å². The van der Waals surface area contributed by atoms with Crippen molar-refractivity contribution in [2.45, 2.75) is 50.9 Å². The second-order valence-corrected chi connectivity index (χ2v) is 5.15. The molecule has 3 rings (SSSR count). The molecular formula is C13H21N3. The molecule has 2 heterocycles. The molecule has 1 aromatic rings. The molecule has 0 radical (unpaired) electrons. The van der Waals surface area contributed by atoms with Gasteiger partial charge in [-0.3, -0.25) is 5.10 Å². The molecule has 0 unspecified atom stereocenters. The molecule has 1 saturated carbocycles. The Balaban J connectivity index is 1.86. The summed E-state index contributed by atoms with van der Waals surface area (Å²) < 4.78 is 0. The highest BCUT2D eigenvalue weighted by molar-refractivity contribution is 5.30. The van der Waals surface area contributed by atoms with E-state index in [1.807, 2.05) is 0 Å². The number of hydrogen-bond donors (Lipinski definition) is 2. The quantitative estimate of drug-likeness (QED) is 0.760. The molecule has 0 atom stereocenters. The number of nitrogens with zero attached hydrogens (tertiary/aromatic N) is 1. The fraction of sp³-hybridized carbons (Fsp3) is 0.769. The maximum atomic E-state index is 4.61. The first-order valence-corrected chi connectivity index (χ1v) is 6.72. The maximum absolute atomic E-state index is 4.61. The molecule has 3 nitrogen and oxygen atoms in total. The molecule has 0 aromatic carbocycles.